The molecule has 1 fully saturated rings. The molecule has 0 aromatic heterocycles. The van der Waals surface area contributed by atoms with Crippen molar-refractivity contribution in [3.8, 4) is 0 Å². The van der Waals surface area contributed by atoms with Crippen molar-refractivity contribution >= 4 is 0 Å². The van der Waals surface area contributed by atoms with Gasteiger partial charge in [0.2, 0.25) is 0 Å². The molecule has 0 aliphatic carbocycles. The Morgan fingerprint density at radius 2 is 1.70 bits per heavy atom. The summed E-state index contributed by atoms with van der Waals surface area (Å²) in [5.41, 5.74) is 1.90. The van der Waals surface area contributed by atoms with Crippen LogP contribution in [0.1, 0.15) is 53.5 Å². The summed E-state index contributed by atoms with van der Waals surface area (Å²) in [6.07, 6.45) is 1.34. The Bertz CT molecular complexity index is 363. The first-order valence-corrected chi connectivity index (χ1v) is 8.23. The first-order valence-electron chi connectivity index (χ1n) is 8.23. The number of likely N-dealkylation sites (tertiary alicyclic amines) is 1. The predicted molar refractivity (Wildman–Crippen MR) is 89.8 cm³/mol. The first kappa shape index (κ1) is 17.2. The van der Waals surface area contributed by atoms with Gasteiger partial charge in [-0.3, -0.25) is 4.90 Å². The van der Waals surface area contributed by atoms with Crippen LogP contribution in [0, 0.1) is 17.3 Å². The Morgan fingerprint density at radius 1 is 1.10 bits per heavy atom. The van der Waals surface area contributed by atoms with E-state index in [2.05, 4.69) is 62.9 Å². The summed E-state index contributed by atoms with van der Waals surface area (Å²) >= 11 is 0. The van der Waals surface area contributed by atoms with Gasteiger partial charge in [0.1, 0.15) is 0 Å². The van der Waals surface area contributed by atoms with Crippen LogP contribution in [0.25, 0.3) is 0 Å². The molecule has 0 saturated carbocycles. The molecule has 2 atom stereocenters. The van der Waals surface area contributed by atoms with Gasteiger partial charge >= 0.3 is 0 Å². The van der Waals surface area contributed by atoms with Crippen molar-refractivity contribution in [1.29, 1.82) is 0 Å². The molecule has 1 saturated heterocycles. The summed E-state index contributed by atoms with van der Waals surface area (Å²) in [5, 5.41) is 0. The van der Waals surface area contributed by atoms with E-state index in [9.17, 15) is 0 Å². The molecule has 1 nitrogen and oxygen atoms in total. The summed E-state index contributed by atoms with van der Waals surface area (Å²) < 4.78 is 0. The molecule has 1 heterocycles. The molecular formula is C19H33N. The van der Waals surface area contributed by atoms with Crippen LogP contribution < -0.4 is 0 Å². The lowest BCUT2D eigenvalue weighted by molar-refractivity contribution is 0.0560. The Balaban J connectivity index is 0.000000956. The molecule has 1 aromatic carbocycles. The molecule has 2 unspecified atom stereocenters. The minimum atomic E-state index is 0.457. The Morgan fingerprint density at radius 3 is 2.20 bits per heavy atom. The Hall–Kier alpha value is -0.820. The summed E-state index contributed by atoms with van der Waals surface area (Å²) in [6.45, 7) is 17.2. The van der Waals surface area contributed by atoms with Gasteiger partial charge in [0.15, 0.2) is 0 Å². The van der Waals surface area contributed by atoms with Crippen LogP contribution in [-0.2, 0) is 6.54 Å². The molecule has 0 bridgehead atoms. The zero-order chi connectivity index (χ0) is 15.2. The lowest BCUT2D eigenvalue weighted by atomic mass is 9.70. The second kappa shape index (κ2) is 7.83. The van der Waals surface area contributed by atoms with Crippen molar-refractivity contribution in [3.05, 3.63) is 35.9 Å². The first-order chi connectivity index (χ1) is 9.47. The van der Waals surface area contributed by atoms with E-state index in [0.717, 1.165) is 18.4 Å². The maximum atomic E-state index is 2.61. The van der Waals surface area contributed by atoms with Crippen molar-refractivity contribution in [3.63, 3.8) is 0 Å². The van der Waals surface area contributed by atoms with Crippen LogP contribution in [0.5, 0.6) is 0 Å². The van der Waals surface area contributed by atoms with Crippen molar-refractivity contribution in [2.75, 3.05) is 13.1 Å². The molecule has 1 aliphatic heterocycles. The molecule has 1 aliphatic rings. The zero-order valence-corrected chi connectivity index (χ0v) is 14.3. The molecule has 114 valence electrons. The quantitative estimate of drug-likeness (QED) is 0.715. The van der Waals surface area contributed by atoms with Gasteiger partial charge in [0.25, 0.3) is 0 Å². The molecule has 20 heavy (non-hydrogen) atoms. The van der Waals surface area contributed by atoms with Crippen molar-refractivity contribution < 1.29 is 0 Å². The van der Waals surface area contributed by atoms with E-state index >= 15 is 0 Å². The van der Waals surface area contributed by atoms with Gasteiger partial charge in [-0.25, -0.2) is 0 Å². The van der Waals surface area contributed by atoms with Gasteiger partial charge in [-0.15, -0.1) is 0 Å². The van der Waals surface area contributed by atoms with E-state index in [1.54, 1.807) is 0 Å². The van der Waals surface area contributed by atoms with Gasteiger partial charge in [-0.1, -0.05) is 71.9 Å². The van der Waals surface area contributed by atoms with E-state index in [4.69, 9.17) is 0 Å². The number of nitrogens with zero attached hydrogens (tertiary/aromatic N) is 1. The minimum Gasteiger partial charge on any atom is -0.299 e. The van der Waals surface area contributed by atoms with E-state index in [-0.39, 0.29) is 0 Å². The normalized spacial score (nSPS) is 23.9. The van der Waals surface area contributed by atoms with E-state index in [1.807, 2.05) is 13.8 Å². The number of hydrogen-bond donors (Lipinski definition) is 0. The van der Waals surface area contributed by atoms with Gasteiger partial charge < -0.3 is 0 Å². The fourth-order valence-corrected chi connectivity index (χ4v) is 3.50. The van der Waals surface area contributed by atoms with E-state index in [0.29, 0.717) is 5.41 Å². The van der Waals surface area contributed by atoms with Crippen molar-refractivity contribution in [2.24, 2.45) is 17.3 Å². The second-order valence-electron chi connectivity index (χ2n) is 6.96. The van der Waals surface area contributed by atoms with Gasteiger partial charge in [0.05, 0.1) is 0 Å². The minimum absolute atomic E-state index is 0.457. The predicted octanol–water partition coefficient (Wildman–Crippen LogP) is 5.22. The van der Waals surface area contributed by atoms with Crippen molar-refractivity contribution in [1.82, 2.24) is 4.90 Å². The zero-order valence-electron chi connectivity index (χ0n) is 14.3. The highest BCUT2D eigenvalue weighted by Crippen LogP contribution is 2.38. The highest BCUT2D eigenvalue weighted by molar-refractivity contribution is 5.14. The average molecular weight is 275 g/mol. The third-order valence-electron chi connectivity index (χ3n) is 4.35. The molecule has 1 aromatic rings. The second-order valence-corrected chi connectivity index (χ2v) is 6.96. The third kappa shape index (κ3) is 4.94. The maximum Gasteiger partial charge on any atom is 0.0233 e. The van der Waals surface area contributed by atoms with Gasteiger partial charge in [0, 0.05) is 13.1 Å². The Kier molecular flexibility index (Phi) is 6.75. The molecule has 2 rings (SSSR count). The summed E-state index contributed by atoms with van der Waals surface area (Å²) in [4.78, 5) is 2.61. The van der Waals surface area contributed by atoms with Crippen molar-refractivity contribution in [2.45, 2.75) is 54.5 Å². The summed E-state index contributed by atoms with van der Waals surface area (Å²) in [6, 6.07) is 10.8. The largest absolute Gasteiger partial charge is 0.299 e. The molecule has 0 amide bonds. The molecule has 0 spiro atoms. The number of piperidine rings is 1. The van der Waals surface area contributed by atoms with Gasteiger partial charge in [-0.05, 0) is 35.8 Å². The van der Waals surface area contributed by atoms with E-state index < -0.39 is 0 Å². The number of benzene rings is 1. The van der Waals surface area contributed by atoms with Crippen LogP contribution in [0.2, 0.25) is 0 Å². The fraction of sp³-hybridized carbons (Fsp3) is 0.684. The van der Waals surface area contributed by atoms with Crippen LogP contribution in [-0.4, -0.2) is 18.0 Å². The highest BCUT2D eigenvalue weighted by atomic mass is 15.1. The topological polar surface area (TPSA) is 3.24 Å². The lowest BCUT2D eigenvalue weighted by Crippen LogP contribution is -2.43. The van der Waals surface area contributed by atoms with Gasteiger partial charge in [-0.2, -0.15) is 0 Å². The maximum absolute atomic E-state index is 2.61. The number of rotatable bonds is 2. The number of hydrogen-bond acceptors (Lipinski definition) is 1. The summed E-state index contributed by atoms with van der Waals surface area (Å²) in [7, 11) is 0. The van der Waals surface area contributed by atoms with Crippen LogP contribution in [0.3, 0.4) is 0 Å². The molecule has 0 radical (unpaired) electrons. The lowest BCUT2D eigenvalue weighted by Gasteiger charge is -2.43. The Labute approximate surface area is 126 Å². The molecule has 0 N–H and O–H groups in total. The molecular weight excluding hydrogens is 242 g/mol. The third-order valence-corrected chi connectivity index (χ3v) is 4.35. The summed E-state index contributed by atoms with van der Waals surface area (Å²) in [5.74, 6) is 1.67. The standard InChI is InChI=1S/C17H27N.C2H6/c1-14-12-18(11-10-16(14)17(2,3)4)13-15-8-6-5-7-9-15;1-2/h5-9,14,16H,10-13H2,1-4H3;1-2H3. The highest BCUT2D eigenvalue weighted by Gasteiger charge is 2.33. The van der Waals surface area contributed by atoms with Crippen LogP contribution in [0.15, 0.2) is 30.3 Å². The average Bonchev–Trinajstić information content (AvgIpc) is 2.41. The van der Waals surface area contributed by atoms with Crippen LogP contribution in [0.4, 0.5) is 0 Å². The SMILES string of the molecule is CC.CC1CN(Cc2ccccc2)CCC1C(C)(C)C. The smallest absolute Gasteiger partial charge is 0.0233 e. The van der Waals surface area contributed by atoms with Crippen LogP contribution >= 0.6 is 0 Å². The fourth-order valence-electron chi connectivity index (χ4n) is 3.50. The monoisotopic (exact) mass is 275 g/mol. The molecule has 1 heteroatoms. The van der Waals surface area contributed by atoms with E-state index in [1.165, 1.54) is 25.1 Å².